The minimum atomic E-state index is -0.579. The van der Waals surface area contributed by atoms with Gasteiger partial charge in [-0.05, 0) is 19.1 Å². The van der Waals surface area contributed by atoms with E-state index in [-0.39, 0.29) is 16.8 Å². The van der Waals surface area contributed by atoms with Gasteiger partial charge in [-0.15, -0.1) is 0 Å². The van der Waals surface area contributed by atoms with Crippen LogP contribution in [0, 0.1) is 10.1 Å². The number of nitro benzene ring substituents is 1. The van der Waals surface area contributed by atoms with Crippen molar-refractivity contribution in [3.63, 3.8) is 0 Å². The van der Waals surface area contributed by atoms with Crippen LogP contribution in [-0.4, -0.2) is 22.3 Å². The van der Waals surface area contributed by atoms with Gasteiger partial charge in [0.2, 0.25) is 0 Å². The third-order valence-corrected chi connectivity index (χ3v) is 3.30. The highest BCUT2D eigenvalue weighted by atomic mass is 16.6. The van der Waals surface area contributed by atoms with Crippen molar-refractivity contribution in [2.45, 2.75) is 6.92 Å². The summed E-state index contributed by atoms with van der Waals surface area (Å²) >= 11 is 0. The van der Waals surface area contributed by atoms with Crippen LogP contribution >= 0.6 is 0 Å². The van der Waals surface area contributed by atoms with E-state index in [0.29, 0.717) is 5.56 Å². The maximum atomic E-state index is 12.4. The Bertz CT molecular complexity index is 835. The SMILES string of the molecule is CC(=O)C(=CC(=O)c1ccc([N+](=O)[O-])cc1)C(=O)c1ccccc1. The number of rotatable bonds is 6. The number of hydrogen-bond acceptors (Lipinski definition) is 5. The average Bonchev–Trinajstić information content (AvgIpc) is 2.59. The predicted octanol–water partition coefficient (Wildman–Crippen LogP) is 3.18. The van der Waals surface area contributed by atoms with Crippen LogP contribution in [0.15, 0.2) is 66.2 Å². The third-order valence-electron chi connectivity index (χ3n) is 3.30. The monoisotopic (exact) mass is 323 g/mol. The van der Waals surface area contributed by atoms with Crippen molar-refractivity contribution < 1.29 is 19.3 Å². The summed E-state index contributed by atoms with van der Waals surface area (Å²) in [7, 11) is 0. The number of nitro groups is 1. The standard InChI is InChI=1S/C18H13NO5/c1-12(20)16(18(22)14-5-3-2-4-6-14)11-17(21)13-7-9-15(10-8-13)19(23)24/h2-11H,1H3. The molecule has 0 aliphatic carbocycles. The Morgan fingerprint density at radius 1 is 0.917 bits per heavy atom. The van der Waals surface area contributed by atoms with Crippen LogP contribution in [0.4, 0.5) is 5.69 Å². The van der Waals surface area contributed by atoms with Gasteiger partial charge in [-0.25, -0.2) is 0 Å². The van der Waals surface area contributed by atoms with Gasteiger partial charge in [0, 0.05) is 29.3 Å². The number of hydrogen-bond donors (Lipinski definition) is 0. The van der Waals surface area contributed by atoms with Crippen molar-refractivity contribution in [2.24, 2.45) is 0 Å². The fraction of sp³-hybridized carbons (Fsp3) is 0.0556. The largest absolute Gasteiger partial charge is 0.294 e. The lowest BCUT2D eigenvalue weighted by Crippen LogP contribution is -2.13. The number of non-ortho nitro benzene ring substituents is 1. The summed E-state index contributed by atoms with van der Waals surface area (Å²) in [6, 6.07) is 13.1. The summed E-state index contributed by atoms with van der Waals surface area (Å²) < 4.78 is 0. The molecule has 0 saturated heterocycles. The molecular formula is C18H13NO5. The van der Waals surface area contributed by atoms with E-state index in [1.165, 1.54) is 31.2 Å². The number of carbonyl (C=O) groups is 3. The molecule has 6 heteroatoms. The van der Waals surface area contributed by atoms with E-state index in [4.69, 9.17) is 0 Å². The summed E-state index contributed by atoms with van der Waals surface area (Å²) in [6.45, 7) is 1.20. The van der Waals surface area contributed by atoms with E-state index in [1.54, 1.807) is 30.3 Å². The molecule has 0 unspecified atom stereocenters. The van der Waals surface area contributed by atoms with Gasteiger partial charge in [-0.1, -0.05) is 30.3 Å². The molecule has 2 aromatic rings. The molecule has 0 aliphatic rings. The second-order valence-corrected chi connectivity index (χ2v) is 4.98. The molecule has 0 bridgehead atoms. The molecule has 0 atom stereocenters. The Morgan fingerprint density at radius 3 is 2.00 bits per heavy atom. The molecule has 2 aromatic carbocycles. The second-order valence-electron chi connectivity index (χ2n) is 4.98. The Balaban J connectivity index is 2.33. The van der Waals surface area contributed by atoms with Gasteiger partial charge in [0.1, 0.15) is 0 Å². The van der Waals surface area contributed by atoms with Crippen LogP contribution in [0.5, 0.6) is 0 Å². The molecule has 0 saturated carbocycles. The summed E-state index contributed by atoms with van der Waals surface area (Å²) in [6.07, 6.45) is 0.971. The first kappa shape index (κ1) is 17.0. The minimum Gasteiger partial charge on any atom is -0.294 e. The normalized spacial score (nSPS) is 11.0. The lowest BCUT2D eigenvalue weighted by molar-refractivity contribution is -0.384. The van der Waals surface area contributed by atoms with E-state index >= 15 is 0 Å². The van der Waals surface area contributed by atoms with Gasteiger partial charge in [0.15, 0.2) is 17.3 Å². The quantitative estimate of drug-likeness (QED) is 0.203. The van der Waals surface area contributed by atoms with Crippen molar-refractivity contribution in [1.29, 1.82) is 0 Å². The topological polar surface area (TPSA) is 94.3 Å². The van der Waals surface area contributed by atoms with Gasteiger partial charge in [-0.3, -0.25) is 24.5 Å². The molecule has 0 amide bonds. The number of Topliss-reactive ketones (excluding diaryl/α,β-unsaturated/α-hetero) is 2. The first-order valence-electron chi connectivity index (χ1n) is 7.01. The number of ketones is 3. The van der Waals surface area contributed by atoms with Gasteiger partial charge in [-0.2, -0.15) is 0 Å². The highest BCUT2D eigenvalue weighted by Gasteiger charge is 2.18. The number of carbonyl (C=O) groups excluding carboxylic acids is 3. The molecule has 0 aliphatic heterocycles. The predicted molar refractivity (Wildman–Crippen MR) is 87.0 cm³/mol. The minimum absolute atomic E-state index is 0.150. The first-order chi connectivity index (χ1) is 11.4. The van der Waals surface area contributed by atoms with Crippen molar-refractivity contribution in [1.82, 2.24) is 0 Å². The first-order valence-corrected chi connectivity index (χ1v) is 7.01. The van der Waals surface area contributed by atoms with E-state index in [9.17, 15) is 24.5 Å². The highest BCUT2D eigenvalue weighted by molar-refractivity contribution is 6.28. The Hall–Kier alpha value is -3.41. The van der Waals surface area contributed by atoms with Crippen molar-refractivity contribution in [3.05, 3.63) is 87.5 Å². The van der Waals surface area contributed by atoms with E-state index in [0.717, 1.165) is 6.08 Å². The summed E-state index contributed by atoms with van der Waals surface area (Å²) in [4.78, 5) is 46.4. The Morgan fingerprint density at radius 2 is 1.50 bits per heavy atom. The number of allylic oxidation sites excluding steroid dienone is 2. The molecule has 6 nitrogen and oxygen atoms in total. The molecule has 24 heavy (non-hydrogen) atoms. The van der Waals surface area contributed by atoms with E-state index < -0.39 is 22.3 Å². The van der Waals surface area contributed by atoms with Crippen LogP contribution in [0.25, 0.3) is 0 Å². The fourth-order valence-electron chi connectivity index (χ4n) is 2.03. The summed E-state index contributed by atoms with van der Waals surface area (Å²) in [5.74, 6) is -1.64. The second kappa shape index (κ2) is 7.23. The molecule has 0 fully saturated rings. The third kappa shape index (κ3) is 3.86. The fourth-order valence-corrected chi connectivity index (χ4v) is 2.03. The highest BCUT2D eigenvalue weighted by Crippen LogP contribution is 2.15. The van der Waals surface area contributed by atoms with E-state index in [1.807, 2.05) is 0 Å². The van der Waals surface area contributed by atoms with Gasteiger partial charge >= 0.3 is 0 Å². The van der Waals surface area contributed by atoms with Crippen molar-refractivity contribution >= 4 is 23.0 Å². The molecule has 120 valence electrons. The molecule has 2 rings (SSSR count). The van der Waals surface area contributed by atoms with Crippen LogP contribution in [-0.2, 0) is 4.79 Å². The van der Waals surface area contributed by atoms with Crippen LogP contribution < -0.4 is 0 Å². The molecule has 0 N–H and O–H groups in total. The zero-order chi connectivity index (χ0) is 17.7. The number of nitrogens with zero attached hydrogens (tertiary/aromatic N) is 1. The Kier molecular flexibility index (Phi) is 5.11. The summed E-state index contributed by atoms with van der Waals surface area (Å²) in [5.41, 5.74) is 0.0721. The molecule has 0 aromatic heterocycles. The molecule has 0 radical (unpaired) electrons. The Labute approximate surface area is 137 Å². The number of benzene rings is 2. The van der Waals surface area contributed by atoms with Gasteiger partial charge in [0.05, 0.1) is 10.5 Å². The maximum Gasteiger partial charge on any atom is 0.269 e. The van der Waals surface area contributed by atoms with Gasteiger partial charge in [0.25, 0.3) is 5.69 Å². The lowest BCUT2D eigenvalue weighted by atomic mass is 9.98. The van der Waals surface area contributed by atoms with Crippen molar-refractivity contribution in [3.8, 4) is 0 Å². The van der Waals surface area contributed by atoms with Gasteiger partial charge < -0.3 is 0 Å². The zero-order valence-corrected chi connectivity index (χ0v) is 12.8. The van der Waals surface area contributed by atoms with Crippen LogP contribution in [0.2, 0.25) is 0 Å². The maximum absolute atomic E-state index is 12.4. The van der Waals surface area contributed by atoms with Crippen LogP contribution in [0.1, 0.15) is 27.6 Å². The zero-order valence-electron chi connectivity index (χ0n) is 12.8. The average molecular weight is 323 g/mol. The lowest BCUT2D eigenvalue weighted by Gasteiger charge is -2.03. The van der Waals surface area contributed by atoms with E-state index in [2.05, 4.69) is 0 Å². The molecule has 0 heterocycles. The molecule has 0 spiro atoms. The van der Waals surface area contributed by atoms with Crippen LogP contribution in [0.3, 0.4) is 0 Å². The van der Waals surface area contributed by atoms with Crippen molar-refractivity contribution in [2.75, 3.05) is 0 Å². The smallest absolute Gasteiger partial charge is 0.269 e. The summed E-state index contributed by atoms with van der Waals surface area (Å²) in [5, 5.41) is 10.6. The molecular weight excluding hydrogens is 310 g/mol.